The first-order chi connectivity index (χ1) is 15.9. The third kappa shape index (κ3) is 5.38. The second-order valence-electron chi connectivity index (χ2n) is 7.97. The Labute approximate surface area is 204 Å². The van der Waals surface area contributed by atoms with Crippen LogP contribution in [0.5, 0.6) is 0 Å². The van der Waals surface area contributed by atoms with Gasteiger partial charge in [-0.05, 0) is 70.5 Å². The lowest BCUT2D eigenvalue weighted by Gasteiger charge is -2.29. The molecule has 0 aliphatic carbocycles. The summed E-state index contributed by atoms with van der Waals surface area (Å²) in [4.78, 5) is 0. The molecular weight excluding hydrogens is 497 g/mol. The molecule has 0 aromatic heterocycles. The van der Waals surface area contributed by atoms with Crippen LogP contribution in [-0.2, 0) is 25.2 Å². The van der Waals surface area contributed by atoms with Gasteiger partial charge in [0.2, 0.25) is 0 Å². The van der Waals surface area contributed by atoms with Crippen LogP contribution in [0.1, 0.15) is 48.9 Å². The quantitative estimate of drug-likeness (QED) is 0.284. The van der Waals surface area contributed by atoms with Gasteiger partial charge < -0.3 is 0 Å². The molecule has 0 fully saturated rings. The molecule has 0 saturated carbocycles. The first-order valence-electron chi connectivity index (χ1n) is 10.8. The highest BCUT2D eigenvalue weighted by Gasteiger charge is 2.48. The van der Waals surface area contributed by atoms with Gasteiger partial charge in [-0.2, -0.15) is 26.3 Å². The molecule has 0 spiro atoms. The van der Waals surface area contributed by atoms with E-state index < -0.39 is 34.6 Å². The Bertz CT molecular complexity index is 1050. The number of hydrogen-bond acceptors (Lipinski definition) is 0. The van der Waals surface area contributed by atoms with Gasteiger partial charge in [-0.1, -0.05) is 74.2 Å². The Morgan fingerprint density at radius 2 is 0.853 bits per heavy atom. The molecule has 0 saturated heterocycles. The summed E-state index contributed by atoms with van der Waals surface area (Å²) in [6.07, 6.45) is -9.22. The fourth-order valence-corrected chi connectivity index (χ4v) is 4.59. The van der Waals surface area contributed by atoms with Gasteiger partial charge >= 0.3 is 12.4 Å². The fraction of sp³-hybridized carbons (Fsp3) is 0.308. The molecule has 0 heterocycles. The molecule has 8 heteroatoms. The van der Waals surface area contributed by atoms with Crippen LogP contribution in [-0.4, -0.2) is 0 Å². The first-order valence-corrected chi connectivity index (χ1v) is 11.5. The Morgan fingerprint density at radius 3 is 1.09 bits per heavy atom. The first kappa shape index (κ1) is 26.4. The van der Waals surface area contributed by atoms with E-state index in [4.69, 9.17) is 23.2 Å². The van der Waals surface area contributed by atoms with E-state index in [1.165, 1.54) is 48.5 Å². The van der Waals surface area contributed by atoms with Crippen LogP contribution in [0.25, 0.3) is 22.3 Å². The molecule has 0 atom stereocenters. The molecule has 0 amide bonds. The third-order valence-corrected chi connectivity index (χ3v) is 6.05. The van der Waals surface area contributed by atoms with Gasteiger partial charge in [0.25, 0.3) is 0 Å². The highest BCUT2D eigenvalue weighted by atomic mass is 35.5. The van der Waals surface area contributed by atoms with Crippen LogP contribution >= 0.6 is 23.2 Å². The minimum atomic E-state index is -5.26. The molecule has 0 bridgehead atoms. The summed E-state index contributed by atoms with van der Waals surface area (Å²) in [7, 11) is 0. The van der Waals surface area contributed by atoms with Crippen molar-refractivity contribution in [1.82, 2.24) is 0 Å². The van der Waals surface area contributed by atoms with Crippen molar-refractivity contribution in [2.45, 2.75) is 51.9 Å². The maximum absolute atomic E-state index is 14.6. The molecule has 0 unspecified atom stereocenters. The summed E-state index contributed by atoms with van der Waals surface area (Å²) < 4.78 is 87.3. The highest BCUT2D eigenvalue weighted by molar-refractivity contribution is 6.31. The monoisotopic (exact) mass is 518 g/mol. The Kier molecular flexibility index (Phi) is 7.93. The van der Waals surface area contributed by atoms with Gasteiger partial charge in [-0.3, -0.25) is 0 Å². The molecule has 182 valence electrons. The number of hydrogen-bond donors (Lipinski definition) is 0. The van der Waals surface area contributed by atoms with Crippen molar-refractivity contribution >= 4 is 23.2 Å². The minimum Gasteiger partial charge on any atom is -0.166 e. The SMILES string of the molecule is CCCc1c(CCC)c(-c2ccc(Cl)cc2)c(C(F)(F)F)c(C(F)(F)F)c1-c1ccc(Cl)cc1. The van der Waals surface area contributed by atoms with Gasteiger partial charge in [0.1, 0.15) is 0 Å². The van der Waals surface area contributed by atoms with Gasteiger partial charge in [-0.25, -0.2) is 0 Å². The standard InChI is InChI=1S/C26H22Cl2F6/c1-3-5-19-20(6-4-2)22(16-9-13-18(28)14-10-16)24(26(32,33)34)23(25(29,30)31)21(19)15-7-11-17(27)12-8-15/h7-14H,3-6H2,1-2H3. The van der Waals surface area contributed by atoms with E-state index in [0.29, 0.717) is 12.8 Å². The number of rotatable bonds is 6. The summed E-state index contributed by atoms with van der Waals surface area (Å²) in [6, 6.07) is 10.9. The van der Waals surface area contributed by atoms with Crippen molar-refractivity contribution in [3.05, 3.63) is 80.8 Å². The zero-order chi connectivity index (χ0) is 25.3. The summed E-state index contributed by atoms with van der Waals surface area (Å²) >= 11 is 11.8. The van der Waals surface area contributed by atoms with E-state index in [0.717, 1.165) is 0 Å². The lowest BCUT2D eigenvalue weighted by Crippen LogP contribution is -2.22. The largest absolute Gasteiger partial charge is 0.417 e. The number of benzene rings is 3. The average Bonchev–Trinajstić information content (AvgIpc) is 2.74. The molecule has 0 radical (unpaired) electrons. The summed E-state index contributed by atoms with van der Waals surface area (Å²) in [5, 5.41) is 0.550. The van der Waals surface area contributed by atoms with E-state index in [-0.39, 0.29) is 45.1 Å². The van der Waals surface area contributed by atoms with Crippen molar-refractivity contribution in [1.29, 1.82) is 0 Å². The zero-order valence-corrected chi connectivity index (χ0v) is 20.0. The van der Waals surface area contributed by atoms with Crippen molar-refractivity contribution in [3.63, 3.8) is 0 Å². The summed E-state index contributed by atoms with van der Waals surface area (Å²) in [5.41, 5.74) is -3.56. The Hall–Kier alpha value is -2.18. The molecule has 0 N–H and O–H groups in total. The maximum atomic E-state index is 14.6. The summed E-state index contributed by atoms with van der Waals surface area (Å²) in [5.74, 6) is 0. The number of alkyl halides is 6. The van der Waals surface area contributed by atoms with Crippen LogP contribution in [0.2, 0.25) is 10.0 Å². The zero-order valence-electron chi connectivity index (χ0n) is 18.5. The Morgan fingerprint density at radius 1 is 0.559 bits per heavy atom. The second-order valence-corrected chi connectivity index (χ2v) is 8.84. The topological polar surface area (TPSA) is 0 Å². The Balaban J connectivity index is 2.65. The lowest BCUT2D eigenvalue weighted by atomic mass is 9.78. The molecule has 3 aromatic rings. The second kappa shape index (κ2) is 10.2. The van der Waals surface area contributed by atoms with E-state index in [9.17, 15) is 26.3 Å². The molecular formula is C26H22Cl2F6. The molecule has 3 aromatic carbocycles. The van der Waals surface area contributed by atoms with E-state index in [2.05, 4.69) is 0 Å². The van der Waals surface area contributed by atoms with Crippen LogP contribution in [0.4, 0.5) is 26.3 Å². The lowest BCUT2D eigenvalue weighted by molar-refractivity contribution is -0.161. The molecule has 3 rings (SSSR count). The van der Waals surface area contributed by atoms with Crippen molar-refractivity contribution in [3.8, 4) is 22.3 Å². The predicted molar refractivity (Wildman–Crippen MR) is 125 cm³/mol. The van der Waals surface area contributed by atoms with Gasteiger partial charge in [0.05, 0.1) is 11.1 Å². The molecule has 0 aliphatic heterocycles. The molecule has 0 nitrogen and oxygen atoms in total. The van der Waals surface area contributed by atoms with Gasteiger partial charge in [0.15, 0.2) is 0 Å². The normalized spacial score (nSPS) is 12.3. The van der Waals surface area contributed by atoms with Crippen LogP contribution < -0.4 is 0 Å². The molecule has 34 heavy (non-hydrogen) atoms. The van der Waals surface area contributed by atoms with Crippen LogP contribution in [0.15, 0.2) is 48.5 Å². The van der Waals surface area contributed by atoms with E-state index in [1.807, 2.05) is 0 Å². The highest BCUT2D eigenvalue weighted by Crippen LogP contribution is 2.52. The smallest absolute Gasteiger partial charge is 0.166 e. The predicted octanol–water partition coefficient (Wildman–Crippen LogP) is 10.3. The maximum Gasteiger partial charge on any atom is 0.417 e. The van der Waals surface area contributed by atoms with Crippen molar-refractivity contribution in [2.24, 2.45) is 0 Å². The molecule has 0 aliphatic rings. The van der Waals surface area contributed by atoms with Crippen LogP contribution in [0, 0.1) is 0 Å². The van der Waals surface area contributed by atoms with E-state index >= 15 is 0 Å². The van der Waals surface area contributed by atoms with Crippen molar-refractivity contribution in [2.75, 3.05) is 0 Å². The number of halogens is 8. The average molecular weight is 519 g/mol. The van der Waals surface area contributed by atoms with Crippen molar-refractivity contribution < 1.29 is 26.3 Å². The summed E-state index contributed by atoms with van der Waals surface area (Å²) in [6.45, 7) is 3.57. The van der Waals surface area contributed by atoms with Gasteiger partial charge in [0, 0.05) is 10.0 Å². The third-order valence-electron chi connectivity index (χ3n) is 5.55. The minimum absolute atomic E-state index is 0.0469. The fourth-order valence-electron chi connectivity index (χ4n) is 4.34. The van der Waals surface area contributed by atoms with Crippen LogP contribution in [0.3, 0.4) is 0 Å². The van der Waals surface area contributed by atoms with E-state index in [1.54, 1.807) is 13.8 Å². The van der Waals surface area contributed by atoms with Gasteiger partial charge in [-0.15, -0.1) is 0 Å².